The van der Waals surface area contributed by atoms with Crippen molar-refractivity contribution < 1.29 is 4.74 Å². The molecular weight excluding hydrogens is 304 g/mol. The number of nitrogens with zero attached hydrogens (tertiary/aromatic N) is 4. The van der Waals surface area contributed by atoms with Gasteiger partial charge in [-0.15, -0.1) is 0 Å². The molecule has 21 heavy (non-hydrogen) atoms. The predicted octanol–water partition coefficient (Wildman–Crippen LogP) is 3.42. The van der Waals surface area contributed by atoms with Gasteiger partial charge in [-0.05, 0) is 44.6 Å². The van der Waals surface area contributed by atoms with Crippen LogP contribution < -0.4 is 4.74 Å². The van der Waals surface area contributed by atoms with Gasteiger partial charge in [-0.25, -0.2) is 4.98 Å². The molecule has 0 unspecified atom stereocenters. The van der Waals surface area contributed by atoms with Crippen LogP contribution in [-0.4, -0.2) is 19.6 Å². The van der Waals surface area contributed by atoms with Crippen molar-refractivity contribution in [3.8, 4) is 5.75 Å². The number of aryl methyl sites for hydroxylation is 3. The van der Waals surface area contributed by atoms with Crippen molar-refractivity contribution >= 4 is 28.5 Å². The maximum Gasteiger partial charge on any atom is 0.223 e. The maximum atomic E-state index is 5.84. The van der Waals surface area contributed by atoms with Gasteiger partial charge in [-0.3, -0.25) is 0 Å². The van der Waals surface area contributed by atoms with Gasteiger partial charge < -0.3 is 4.74 Å². The van der Waals surface area contributed by atoms with Gasteiger partial charge in [0, 0.05) is 0 Å². The molecule has 0 aliphatic heterocycles. The molecule has 0 amide bonds. The Morgan fingerprint density at radius 1 is 1.24 bits per heavy atom. The van der Waals surface area contributed by atoms with E-state index in [1.165, 1.54) is 16.9 Å². The average Bonchev–Trinajstić information content (AvgIpc) is 2.81. The van der Waals surface area contributed by atoms with Crippen molar-refractivity contribution in [2.75, 3.05) is 0 Å². The average molecular weight is 318 g/mol. The second-order valence-electron chi connectivity index (χ2n) is 4.80. The van der Waals surface area contributed by atoms with E-state index in [0.29, 0.717) is 11.4 Å². The first-order valence-corrected chi connectivity index (χ1v) is 7.69. The summed E-state index contributed by atoms with van der Waals surface area (Å²) in [6.07, 6.45) is 0. The minimum Gasteiger partial charge on any atom is -0.486 e. The van der Waals surface area contributed by atoms with Gasteiger partial charge in [0.05, 0.1) is 0 Å². The Bertz CT molecular complexity index is 869. The van der Waals surface area contributed by atoms with Crippen LogP contribution in [0.1, 0.15) is 22.0 Å². The van der Waals surface area contributed by atoms with Gasteiger partial charge in [0.2, 0.25) is 9.73 Å². The van der Waals surface area contributed by atoms with Gasteiger partial charge in [0.15, 0.2) is 5.01 Å². The smallest absolute Gasteiger partial charge is 0.223 e. The lowest BCUT2D eigenvalue weighted by molar-refractivity contribution is 0.302. The van der Waals surface area contributed by atoms with Gasteiger partial charge in [-0.1, -0.05) is 29.0 Å². The third-order valence-corrected chi connectivity index (χ3v) is 4.10. The molecule has 0 radical (unpaired) electrons. The number of aromatic nitrogens is 4. The summed E-state index contributed by atoms with van der Waals surface area (Å²) in [6.45, 7) is 6.37. The number of fused-ring (bicyclic) bond motifs is 1. The third kappa shape index (κ3) is 2.93. The van der Waals surface area contributed by atoms with E-state index in [1.807, 2.05) is 26.0 Å². The van der Waals surface area contributed by atoms with Crippen LogP contribution in [0.5, 0.6) is 5.75 Å². The largest absolute Gasteiger partial charge is 0.486 e. The molecule has 2 aromatic heterocycles. The zero-order chi connectivity index (χ0) is 15.0. The number of hydrogen-bond donors (Lipinski definition) is 0. The van der Waals surface area contributed by atoms with Crippen molar-refractivity contribution in [2.45, 2.75) is 27.4 Å². The Kier molecular flexibility index (Phi) is 3.69. The molecule has 0 saturated heterocycles. The van der Waals surface area contributed by atoms with Crippen LogP contribution in [0.25, 0.3) is 4.96 Å². The molecule has 0 spiro atoms. The lowest BCUT2D eigenvalue weighted by atomic mass is 10.1. The van der Waals surface area contributed by atoms with Crippen molar-refractivity contribution in [3.05, 3.63) is 44.9 Å². The maximum absolute atomic E-state index is 5.84. The topological polar surface area (TPSA) is 52.3 Å². The molecule has 0 fully saturated rings. The zero-order valence-electron chi connectivity index (χ0n) is 12.0. The first-order valence-electron chi connectivity index (χ1n) is 6.46. The van der Waals surface area contributed by atoms with Crippen molar-refractivity contribution in [3.63, 3.8) is 0 Å². The minimum atomic E-state index is 0.345. The van der Waals surface area contributed by atoms with Crippen LogP contribution in [0.2, 0.25) is 0 Å². The number of rotatable bonds is 3. The molecule has 0 saturated carbocycles. The molecular formula is C14H14N4OS2. The molecule has 0 N–H and O–H groups in total. The Labute approximate surface area is 131 Å². The van der Waals surface area contributed by atoms with E-state index in [-0.39, 0.29) is 0 Å². The summed E-state index contributed by atoms with van der Waals surface area (Å²) < 4.78 is 7.88. The SMILES string of the molecule is Cc1ccc(OCc2nn3c(C)nc(=S)nc3s2)c(C)c1. The Morgan fingerprint density at radius 2 is 2.05 bits per heavy atom. The number of hydrogen-bond acceptors (Lipinski definition) is 6. The summed E-state index contributed by atoms with van der Waals surface area (Å²) in [7, 11) is 0. The fraction of sp³-hybridized carbons (Fsp3) is 0.286. The fourth-order valence-electron chi connectivity index (χ4n) is 2.06. The van der Waals surface area contributed by atoms with E-state index in [9.17, 15) is 0 Å². The van der Waals surface area contributed by atoms with Crippen LogP contribution in [0.4, 0.5) is 0 Å². The van der Waals surface area contributed by atoms with Gasteiger partial charge >= 0.3 is 0 Å². The first-order chi connectivity index (χ1) is 10.0. The molecule has 3 rings (SSSR count). The van der Waals surface area contributed by atoms with Gasteiger partial charge in [-0.2, -0.15) is 14.6 Å². The fourth-order valence-corrected chi connectivity index (χ4v) is 3.17. The quantitative estimate of drug-likeness (QED) is 0.693. The van der Waals surface area contributed by atoms with E-state index < -0.39 is 0 Å². The van der Waals surface area contributed by atoms with Gasteiger partial charge in [0.1, 0.15) is 18.2 Å². The summed E-state index contributed by atoms with van der Waals surface area (Å²) in [4.78, 5) is 9.08. The van der Waals surface area contributed by atoms with Crippen LogP contribution in [-0.2, 0) is 6.61 Å². The molecule has 0 atom stereocenters. The third-order valence-electron chi connectivity index (χ3n) is 3.04. The first kappa shape index (κ1) is 14.1. The summed E-state index contributed by atoms with van der Waals surface area (Å²) in [5.74, 6) is 1.61. The summed E-state index contributed by atoms with van der Waals surface area (Å²) in [6, 6.07) is 6.12. The summed E-state index contributed by atoms with van der Waals surface area (Å²) >= 11 is 6.48. The van der Waals surface area contributed by atoms with Crippen LogP contribution >= 0.6 is 23.6 Å². The van der Waals surface area contributed by atoms with Crippen molar-refractivity contribution in [1.29, 1.82) is 0 Å². The van der Waals surface area contributed by atoms with E-state index in [2.05, 4.69) is 28.1 Å². The molecule has 5 nitrogen and oxygen atoms in total. The number of benzene rings is 1. The Hall–Kier alpha value is -1.86. The molecule has 1 aromatic carbocycles. The van der Waals surface area contributed by atoms with Crippen molar-refractivity contribution in [1.82, 2.24) is 19.6 Å². The van der Waals surface area contributed by atoms with E-state index in [4.69, 9.17) is 17.0 Å². The minimum absolute atomic E-state index is 0.345. The number of ether oxygens (including phenoxy) is 1. The highest BCUT2D eigenvalue weighted by Crippen LogP contribution is 2.21. The molecule has 108 valence electrons. The molecule has 0 aliphatic carbocycles. The summed E-state index contributed by atoms with van der Waals surface area (Å²) in [5, 5.41) is 5.30. The molecule has 3 aromatic rings. The zero-order valence-corrected chi connectivity index (χ0v) is 13.6. The highest BCUT2D eigenvalue weighted by Gasteiger charge is 2.08. The molecule has 7 heteroatoms. The van der Waals surface area contributed by atoms with Crippen LogP contribution in [0.15, 0.2) is 18.2 Å². The second-order valence-corrected chi connectivity index (χ2v) is 6.21. The Morgan fingerprint density at radius 3 is 2.81 bits per heavy atom. The normalized spacial score (nSPS) is 11.0. The summed E-state index contributed by atoms with van der Waals surface area (Å²) in [5.41, 5.74) is 2.34. The van der Waals surface area contributed by atoms with E-state index in [1.54, 1.807) is 4.52 Å². The second kappa shape index (κ2) is 5.50. The van der Waals surface area contributed by atoms with E-state index >= 15 is 0 Å². The van der Waals surface area contributed by atoms with Gasteiger partial charge in [0.25, 0.3) is 0 Å². The lowest BCUT2D eigenvalue weighted by Gasteiger charge is -2.07. The predicted molar refractivity (Wildman–Crippen MR) is 84.5 cm³/mol. The molecule has 0 aliphatic rings. The van der Waals surface area contributed by atoms with E-state index in [0.717, 1.165) is 27.1 Å². The van der Waals surface area contributed by atoms with Crippen molar-refractivity contribution in [2.24, 2.45) is 0 Å². The lowest BCUT2D eigenvalue weighted by Crippen LogP contribution is -2.01. The standard InChI is InChI=1S/C14H14N4OS2/c1-8-4-5-11(9(2)6-8)19-7-12-17-18-10(3)15-13(20)16-14(18)21-12/h4-6H,7H2,1-3H3. The van der Waals surface area contributed by atoms with Crippen LogP contribution in [0.3, 0.4) is 0 Å². The highest BCUT2D eigenvalue weighted by atomic mass is 32.1. The molecule has 2 heterocycles. The van der Waals surface area contributed by atoms with Crippen LogP contribution in [0, 0.1) is 25.5 Å². The highest BCUT2D eigenvalue weighted by molar-refractivity contribution is 7.71. The molecule has 0 bridgehead atoms. The Balaban J connectivity index is 1.85. The monoisotopic (exact) mass is 318 g/mol.